The molecule has 3 aromatic rings. The number of aromatic nitrogens is 1. The Morgan fingerprint density at radius 3 is 2.47 bits per heavy atom. The molecule has 1 heterocycles. The number of nitrogens with zero attached hydrogens (tertiary/aromatic N) is 1. The van der Waals surface area contributed by atoms with Crippen LogP contribution in [0.3, 0.4) is 0 Å². The van der Waals surface area contributed by atoms with Crippen LogP contribution in [-0.4, -0.2) is 21.0 Å². The number of aryl methyl sites for hydroxylation is 3. The van der Waals surface area contributed by atoms with Crippen molar-refractivity contribution in [2.75, 3.05) is 5.32 Å². The Kier molecular flexibility index (Phi) is 5.91. The highest BCUT2D eigenvalue weighted by Gasteiger charge is 2.26. The van der Waals surface area contributed by atoms with Crippen molar-refractivity contribution in [3.63, 3.8) is 0 Å². The van der Waals surface area contributed by atoms with Crippen molar-refractivity contribution in [3.05, 3.63) is 75.1 Å². The van der Waals surface area contributed by atoms with E-state index in [9.17, 15) is 4.79 Å². The molecule has 0 spiro atoms. The van der Waals surface area contributed by atoms with Crippen LogP contribution in [0.4, 0.5) is 5.69 Å². The summed E-state index contributed by atoms with van der Waals surface area (Å²) in [5.41, 5.74) is 6.14. The molecule has 30 heavy (non-hydrogen) atoms. The van der Waals surface area contributed by atoms with E-state index in [0.29, 0.717) is 17.7 Å². The van der Waals surface area contributed by atoms with Gasteiger partial charge in [0.1, 0.15) is 0 Å². The van der Waals surface area contributed by atoms with Crippen LogP contribution in [0.1, 0.15) is 47.9 Å². The van der Waals surface area contributed by atoms with Gasteiger partial charge in [0.25, 0.3) is 5.56 Å². The van der Waals surface area contributed by atoms with Crippen molar-refractivity contribution in [2.45, 2.75) is 59.0 Å². The second kappa shape index (κ2) is 8.60. The molecular formula is C25H29N3OS. The predicted octanol–water partition coefficient (Wildman–Crippen LogP) is 5.59. The molecule has 0 unspecified atom stereocenters. The van der Waals surface area contributed by atoms with Gasteiger partial charge >= 0.3 is 0 Å². The molecule has 1 fully saturated rings. The van der Waals surface area contributed by atoms with E-state index in [1.807, 2.05) is 24.3 Å². The lowest BCUT2D eigenvalue weighted by Crippen LogP contribution is -2.42. The van der Waals surface area contributed by atoms with E-state index in [2.05, 4.69) is 54.2 Å². The third-order valence-corrected chi connectivity index (χ3v) is 6.40. The first-order valence-electron chi connectivity index (χ1n) is 10.7. The van der Waals surface area contributed by atoms with Gasteiger partial charge in [0.05, 0.1) is 6.54 Å². The Morgan fingerprint density at radius 2 is 1.77 bits per heavy atom. The molecule has 2 aromatic carbocycles. The number of anilines is 1. The van der Waals surface area contributed by atoms with Crippen molar-refractivity contribution in [1.82, 2.24) is 9.88 Å². The Balaban J connectivity index is 1.65. The zero-order valence-electron chi connectivity index (χ0n) is 17.9. The van der Waals surface area contributed by atoms with E-state index in [1.165, 1.54) is 24.0 Å². The normalized spacial score (nSPS) is 14.2. The van der Waals surface area contributed by atoms with Crippen LogP contribution in [0.25, 0.3) is 10.9 Å². The van der Waals surface area contributed by atoms with Gasteiger partial charge in [-0.05, 0) is 81.2 Å². The quantitative estimate of drug-likeness (QED) is 0.541. The number of rotatable bonds is 4. The summed E-state index contributed by atoms with van der Waals surface area (Å²) >= 11 is 5.81. The summed E-state index contributed by atoms with van der Waals surface area (Å²) in [4.78, 5) is 18.2. The Labute approximate surface area is 183 Å². The third kappa shape index (κ3) is 4.41. The lowest BCUT2D eigenvalue weighted by atomic mass is 10.0. The molecule has 0 atom stereocenters. The van der Waals surface area contributed by atoms with Crippen LogP contribution in [0, 0.1) is 20.8 Å². The summed E-state index contributed by atoms with van der Waals surface area (Å²) in [5.74, 6) is 0. The third-order valence-electron chi connectivity index (χ3n) is 6.06. The van der Waals surface area contributed by atoms with E-state index >= 15 is 0 Å². The maximum absolute atomic E-state index is 12.9. The van der Waals surface area contributed by atoms with Crippen molar-refractivity contribution in [1.29, 1.82) is 0 Å². The smallest absolute Gasteiger partial charge is 0.253 e. The SMILES string of the molecule is Cc1ccc(NC(=S)N(Cc2cc3c(C)cc(C)cc3[nH]c2=O)C2CCCC2)cc1. The molecule has 1 aliphatic rings. The van der Waals surface area contributed by atoms with Gasteiger partial charge in [0.2, 0.25) is 0 Å². The topological polar surface area (TPSA) is 48.1 Å². The summed E-state index contributed by atoms with van der Waals surface area (Å²) in [5, 5.41) is 5.17. The minimum absolute atomic E-state index is 0.0337. The van der Waals surface area contributed by atoms with Crippen LogP contribution >= 0.6 is 12.2 Å². The second-order valence-corrected chi connectivity index (χ2v) is 8.92. The summed E-state index contributed by atoms with van der Waals surface area (Å²) in [6.07, 6.45) is 4.64. The van der Waals surface area contributed by atoms with E-state index in [1.54, 1.807) is 0 Å². The number of fused-ring (bicyclic) bond motifs is 1. The molecule has 1 aromatic heterocycles. The van der Waals surface area contributed by atoms with E-state index < -0.39 is 0 Å². The van der Waals surface area contributed by atoms with Crippen LogP contribution in [0.15, 0.2) is 47.3 Å². The first kappa shape index (κ1) is 20.6. The van der Waals surface area contributed by atoms with Gasteiger partial charge in [-0.3, -0.25) is 4.79 Å². The summed E-state index contributed by atoms with van der Waals surface area (Å²) < 4.78 is 0. The van der Waals surface area contributed by atoms with Crippen molar-refractivity contribution < 1.29 is 0 Å². The second-order valence-electron chi connectivity index (χ2n) is 8.53. The van der Waals surface area contributed by atoms with Gasteiger partial charge in [0, 0.05) is 28.2 Å². The fourth-order valence-electron chi connectivity index (χ4n) is 4.43. The van der Waals surface area contributed by atoms with Crippen LogP contribution in [-0.2, 0) is 6.54 Å². The molecule has 0 saturated heterocycles. The molecule has 156 valence electrons. The fourth-order valence-corrected chi connectivity index (χ4v) is 4.76. The van der Waals surface area contributed by atoms with Crippen LogP contribution in [0.2, 0.25) is 0 Å². The zero-order chi connectivity index (χ0) is 21.3. The number of hydrogen-bond acceptors (Lipinski definition) is 2. The van der Waals surface area contributed by atoms with Crippen LogP contribution in [0.5, 0.6) is 0 Å². The highest BCUT2D eigenvalue weighted by atomic mass is 32.1. The number of benzene rings is 2. The molecule has 1 saturated carbocycles. The number of aromatic amines is 1. The molecule has 0 bridgehead atoms. The van der Waals surface area contributed by atoms with E-state index in [0.717, 1.165) is 40.6 Å². The molecule has 1 aliphatic carbocycles. The van der Waals surface area contributed by atoms with Gasteiger partial charge in [-0.25, -0.2) is 0 Å². The van der Waals surface area contributed by atoms with Gasteiger partial charge in [-0.1, -0.05) is 36.6 Å². The van der Waals surface area contributed by atoms with Crippen molar-refractivity contribution in [3.8, 4) is 0 Å². The van der Waals surface area contributed by atoms with E-state index in [-0.39, 0.29) is 5.56 Å². The molecule has 4 rings (SSSR count). The molecule has 4 nitrogen and oxygen atoms in total. The average Bonchev–Trinajstić information content (AvgIpc) is 3.22. The molecule has 0 amide bonds. The minimum atomic E-state index is -0.0337. The van der Waals surface area contributed by atoms with Crippen molar-refractivity contribution >= 4 is 33.9 Å². The summed E-state index contributed by atoms with van der Waals surface area (Å²) in [7, 11) is 0. The largest absolute Gasteiger partial charge is 0.342 e. The van der Waals surface area contributed by atoms with Gasteiger partial charge < -0.3 is 15.2 Å². The minimum Gasteiger partial charge on any atom is -0.342 e. The van der Waals surface area contributed by atoms with Gasteiger partial charge in [0.15, 0.2) is 5.11 Å². The number of nitrogens with one attached hydrogen (secondary N) is 2. The number of hydrogen-bond donors (Lipinski definition) is 2. The van der Waals surface area contributed by atoms with Crippen molar-refractivity contribution in [2.24, 2.45) is 0 Å². The van der Waals surface area contributed by atoms with Gasteiger partial charge in [-0.15, -0.1) is 0 Å². The molecule has 0 aliphatic heterocycles. The summed E-state index contributed by atoms with van der Waals surface area (Å²) in [6, 6.07) is 14.8. The Hall–Kier alpha value is -2.66. The molecular weight excluding hydrogens is 390 g/mol. The Bertz CT molecular complexity index is 1130. The lowest BCUT2D eigenvalue weighted by molar-refractivity contribution is 0.311. The lowest BCUT2D eigenvalue weighted by Gasteiger charge is -2.31. The Morgan fingerprint density at radius 1 is 1.07 bits per heavy atom. The monoisotopic (exact) mass is 419 g/mol. The zero-order valence-corrected chi connectivity index (χ0v) is 18.7. The number of H-pyrrole nitrogens is 1. The maximum Gasteiger partial charge on any atom is 0.253 e. The highest BCUT2D eigenvalue weighted by Crippen LogP contribution is 2.26. The highest BCUT2D eigenvalue weighted by molar-refractivity contribution is 7.80. The molecule has 0 radical (unpaired) electrons. The summed E-state index contributed by atoms with van der Waals surface area (Å²) in [6.45, 7) is 6.73. The number of pyridine rings is 1. The van der Waals surface area contributed by atoms with E-state index in [4.69, 9.17) is 12.2 Å². The van der Waals surface area contributed by atoms with Crippen LogP contribution < -0.4 is 10.9 Å². The average molecular weight is 420 g/mol. The number of thiocarbonyl (C=S) groups is 1. The fraction of sp³-hybridized carbons (Fsp3) is 0.360. The first-order valence-corrected chi connectivity index (χ1v) is 11.1. The predicted molar refractivity (Wildman–Crippen MR) is 129 cm³/mol. The first-order chi connectivity index (χ1) is 14.4. The standard InChI is InChI=1S/C25H29N3OS/c1-16-8-10-20(11-9-16)26-25(30)28(21-6-4-5-7-21)15-19-14-22-18(3)12-17(2)13-23(22)27-24(19)29/h8-14,21H,4-7,15H2,1-3H3,(H,26,30)(H,27,29). The maximum atomic E-state index is 12.9. The van der Waals surface area contributed by atoms with Gasteiger partial charge in [-0.2, -0.15) is 0 Å². The molecule has 5 heteroatoms. The molecule has 2 N–H and O–H groups in total.